The van der Waals surface area contributed by atoms with Gasteiger partial charge < -0.3 is 9.64 Å². The molecule has 1 aromatic carbocycles. The Morgan fingerprint density at radius 2 is 1.69 bits per heavy atom. The van der Waals surface area contributed by atoms with Crippen molar-refractivity contribution in [3.8, 4) is 0 Å². The molecule has 1 amide bonds. The van der Waals surface area contributed by atoms with Crippen molar-refractivity contribution in [3.05, 3.63) is 35.9 Å². The van der Waals surface area contributed by atoms with Crippen LogP contribution in [0.2, 0.25) is 0 Å². The van der Waals surface area contributed by atoms with E-state index < -0.39 is 5.60 Å². The smallest absolute Gasteiger partial charge is 0.311 e. The zero-order valence-corrected chi connectivity index (χ0v) is 18.4. The normalized spacial score (nSPS) is 27.6. The van der Waals surface area contributed by atoms with Crippen molar-refractivity contribution in [1.29, 1.82) is 0 Å². The van der Waals surface area contributed by atoms with Crippen LogP contribution in [0.3, 0.4) is 0 Å². The molecule has 1 spiro atoms. The van der Waals surface area contributed by atoms with E-state index in [2.05, 4.69) is 30.9 Å². The molecule has 0 aromatic heterocycles. The van der Waals surface area contributed by atoms with E-state index in [4.69, 9.17) is 4.74 Å². The van der Waals surface area contributed by atoms with Gasteiger partial charge in [-0.3, -0.25) is 14.5 Å². The molecule has 1 aromatic rings. The second kappa shape index (κ2) is 6.83. The fourth-order valence-corrected chi connectivity index (χ4v) is 5.03. The molecule has 0 bridgehead atoms. The first kappa shape index (κ1) is 20.4. The first-order chi connectivity index (χ1) is 13.5. The Labute approximate surface area is 174 Å². The monoisotopic (exact) mass is 398 g/mol. The summed E-state index contributed by atoms with van der Waals surface area (Å²) in [5.41, 5.74) is 0.715. The molecule has 1 saturated carbocycles. The summed E-state index contributed by atoms with van der Waals surface area (Å²) in [7, 11) is 0. The summed E-state index contributed by atoms with van der Waals surface area (Å²) in [6.07, 6.45) is 0.977. The van der Waals surface area contributed by atoms with Crippen LogP contribution in [-0.2, 0) is 20.9 Å². The number of esters is 1. The predicted octanol–water partition coefficient (Wildman–Crippen LogP) is 3.33. The average molecular weight is 399 g/mol. The van der Waals surface area contributed by atoms with Crippen LogP contribution in [0.1, 0.15) is 46.6 Å². The predicted molar refractivity (Wildman–Crippen MR) is 112 cm³/mol. The maximum atomic E-state index is 13.0. The molecule has 5 nitrogen and oxygen atoms in total. The van der Waals surface area contributed by atoms with Gasteiger partial charge in [0.05, 0.1) is 5.92 Å². The van der Waals surface area contributed by atoms with Crippen LogP contribution >= 0.6 is 0 Å². The van der Waals surface area contributed by atoms with Crippen molar-refractivity contribution in [2.75, 3.05) is 26.2 Å². The molecule has 2 atom stereocenters. The van der Waals surface area contributed by atoms with Crippen molar-refractivity contribution in [2.45, 2.75) is 53.2 Å². The molecule has 158 valence electrons. The Bertz CT molecular complexity index is 790. The van der Waals surface area contributed by atoms with E-state index >= 15 is 0 Å². The number of likely N-dealkylation sites (tertiary alicyclic amines) is 2. The first-order valence-corrected chi connectivity index (χ1v) is 10.8. The maximum Gasteiger partial charge on any atom is 0.311 e. The number of carbonyl (C=O) groups is 2. The van der Waals surface area contributed by atoms with Crippen molar-refractivity contribution >= 4 is 11.9 Å². The van der Waals surface area contributed by atoms with Crippen LogP contribution < -0.4 is 0 Å². The molecule has 0 N–H and O–H groups in total. The molecule has 3 fully saturated rings. The summed E-state index contributed by atoms with van der Waals surface area (Å²) in [6, 6.07) is 10.4. The van der Waals surface area contributed by atoms with E-state index in [1.807, 2.05) is 43.9 Å². The average Bonchev–Trinajstić information content (AvgIpc) is 3.06. The van der Waals surface area contributed by atoms with Crippen molar-refractivity contribution < 1.29 is 14.3 Å². The number of rotatable bonds is 4. The van der Waals surface area contributed by atoms with Crippen molar-refractivity contribution in [3.63, 3.8) is 0 Å². The standard InChI is InChI=1S/C24H34N2O3/c1-22(2,3)29-21(28)19-13-25(12-17-9-7-6-8-10-17)14-24(19)15-26(16-24)20(27)18-11-23(18,4)5/h6-10,18-19H,11-16H2,1-5H3/t18?,19-/m0/s1. The van der Waals surface area contributed by atoms with Crippen LogP contribution in [0.5, 0.6) is 0 Å². The lowest BCUT2D eigenvalue weighted by atomic mass is 9.71. The highest BCUT2D eigenvalue weighted by molar-refractivity contribution is 5.84. The molecule has 29 heavy (non-hydrogen) atoms. The summed E-state index contributed by atoms with van der Waals surface area (Å²) in [5, 5.41) is 0. The second-order valence-electron chi connectivity index (χ2n) is 11.0. The molecule has 5 heteroatoms. The molecular formula is C24H34N2O3. The van der Waals surface area contributed by atoms with E-state index in [9.17, 15) is 9.59 Å². The number of amides is 1. The lowest BCUT2D eigenvalue weighted by Gasteiger charge is -2.50. The lowest BCUT2D eigenvalue weighted by Crippen LogP contribution is -2.64. The minimum absolute atomic E-state index is 0.119. The third kappa shape index (κ3) is 4.07. The van der Waals surface area contributed by atoms with Gasteiger partial charge in [-0.05, 0) is 38.2 Å². The number of ether oxygens (including phenoxy) is 1. The summed E-state index contributed by atoms with van der Waals surface area (Å²) >= 11 is 0. The van der Waals surface area contributed by atoms with Gasteiger partial charge >= 0.3 is 5.97 Å². The lowest BCUT2D eigenvalue weighted by molar-refractivity contribution is -0.171. The minimum atomic E-state index is -0.498. The van der Waals surface area contributed by atoms with Gasteiger partial charge in [-0.25, -0.2) is 0 Å². The maximum absolute atomic E-state index is 13.0. The number of hydrogen-bond acceptors (Lipinski definition) is 4. The SMILES string of the molecule is CC(C)(C)OC(=O)[C@@H]1CN(Cc2ccccc2)CC12CN(C(=O)C1CC1(C)C)C2. The highest BCUT2D eigenvalue weighted by Gasteiger charge is 2.61. The first-order valence-electron chi connectivity index (χ1n) is 10.8. The summed E-state index contributed by atoms with van der Waals surface area (Å²) in [5.74, 6) is 0.125. The van der Waals surface area contributed by atoms with Crippen LogP contribution in [0.25, 0.3) is 0 Å². The Morgan fingerprint density at radius 1 is 1.07 bits per heavy atom. The number of carbonyl (C=O) groups excluding carboxylic acids is 2. The van der Waals surface area contributed by atoms with E-state index in [0.29, 0.717) is 19.6 Å². The Hall–Kier alpha value is -1.88. The van der Waals surface area contributed by atoms with Crippen LogP contribution in [-0.4, -0.2) is 53.5 Å². The number of benzene rings is 1. The second-order valence-corrected chi connectivity index (χ2v) is 11.0. The summed E-state index contributed by atoms with van der Waals surface area (Å²) < 4.78 is 5.77. The van der Waals surface area contributed by atoms with Gasteiger partial charge in [0, 0.05) is 44.1 Å². The van der Waals surface area contributed by atoms with E-state index in [-0.39, 0.29) is 34.5 Å². The van der Waals surface area contributed by atoms with Gasteiger partial charge in [0.15, 0.2) is 0 Å². The van der Waals surface area contributed by atoms with Crippen molar-refractivity contribution in [2.24, 2.45) is 22.7 Å². The molecule has 1 unspecified atom stereocenters. The van der Waals surface area contributed by atoms with Gasteiger partial charge in [0.25, 0.3) is 0 Å². The third-order valence-electron chi connectivity index (χ3n) is 6.79. The molecule has 2 aliphatic heterocycles. The van der Waals surface area contributed by atoms with Crippen LogP contribution in [0.4, 0.5) is 0 Å². The summed E-state index contributed by atoms with van der Waals surface area (Å²) in [4.78, 5) is 30.2. The van der Waals surface area contributed by atoms with Gasteiger partial charge in [-0.2, -0.15) is 0 Å². The molecule has 0 radical (unpaired) electrons. The Morgan fingerprint density at radius 3 is 2.24 bits per heavy atom. The van der Waals surface area contributed by atoms with Crippen molar-refractivity contribution in [1.82, 2.24) is 9.80 Å². The van der Waals surface area contributed by atoms with Crippen LogP contribution in [0, 0.1) is 22.7 Å². The molecule has 1 aliphatic carbocycles. The van der Waals surface area contributed by atoms with Gasteiger partial charge in [-0.15, -0.1) is 0 Å². The van der Waals surface area contributed by atoms with Gasteiger partial charge in [0.2, 0.25) is 5.91 Å². The molecule has 2 saturated heterocycles. The fraction of sp³-hybridized carbons (Fsp3) is 0.667. The molecular weight excluding hydrogens is 364 g/mol. The van der Waals surface area contributed by atoms with Gasteiger partial charge in [0.1, 0.15) is 5.60 Å². The van der Waals surface area contributed by atoms with E-state index in [1.54, 1.807) is 0 Å². The van der Waals surface area contributed by atoms with E-state index in [0.717, 1.165) is 19.5 Å². The number of hydrogen-bond donors (Lipinski definition) is 0. The fourth-order valence-electron chi connectivity index (χ4n) is 5.03. The largest absolute Gasteiger partial charge is 0.460 e. The highest BCUT2D eigenvalue weighted by Crippen LogP contribution is 2.54. The molecule has 4 rings (SSSR count). The third-order valence-corrected chi connectivity index (χ3v) is 6.79. The van der Waals surface area contributed by atoms with Crippen LogP contribution in [0.15, 0.2) is 30.3 Å². The Balaban J connectivity index is 1.47. The molecule has 3 aliphatic rings. The number of nitrogens with zero attached hydrogens (tertiary/aromatic N) is 2. The highest BCUT2D eigenvalue weighted by atomic mass is 16.6. The zero-order valence-electron chi connectivity index (χ0n) is 18.4. The quantitative estimate of drug-likeness (QED) is 0.730. The van der Waals surface area contributed by atoms with Gasteiger partial charge in [-0.1, -0.05) is 44.2 Å². The topological polar surface area (TPSA) is 49.9 Å². The Kier molecular flexibility index (Phi) is 4.80. The summed E-state index contributed by atoms with van der Waals surface area (Å²) in [6.45, 7) is 13.8. The zero-order chi connectivity index (χ0) is 21.0. The van der Waals surface area contributed by atoms with E-state index in [1.165, 1.54) is 5.56 Å². The molecule has 2 heterocycles. The minimum Gasteiger partial charge on any atom is -0.460 e.